The predicted octanol–water partition coefficient (Wildman–Crippen LogP) is 7.61. The van der Waals surface area contributed by atoms with Crippen LogP contribution in [0.4, 0.5) is 16.5 Å². The minimum absolute atomic E-state index is 0.222. The van der Waals surface area contributed by atoms with Crippen molar-refractivity contribution in [2.24, 2.45) is 5.10 Å². The lowest BCUT2D eigenvalue weighted by Crippen LogP contribution is -2.21. The molecule has 3 N–H and O–H groups in total. The van der Waals surface area contributed by atoms with Crippen LogP contribution in [0.25, 0.3) is 11.3 Å². The van der Waals surface area contributed by atoms with Crippen LogP contribution in [-0.2, 0) is 4.79 Å². The molecule has 0 atom stereocenters. The van der Waals surface area contributed by atoms with Crippen molar-refractivity contribution in [3.8, 4) is 22.8 Å². The number of thiazole rings is 1. The van der Waals surface area contributed by atoms with E-state index in [4.69, 9.17) is 21.1 Å². The van der Waals surface area contributed by atoms with Crippen LogP contribution in [-0.4, -0.2) is 36.7 Å². The van der Waals surface area contributed by atoms with Crippen LogP contribution < -0.4 is 25.5 Å². The summed E-state index contributed by atoms with van der Waals surface area (Å²) in [6.07, 6.45) is 1.44. The number of nitrogens with zero attached hydrogens (tertiary/aromatic N) is 2. The molecule has 0 spiro atoms. The van der Waals surface area contributed by atoms with Crippen LogP contribution >= 0.6 is 22.9 Å². The number of hydrazone groups is 1. The van der Waals surface area contributed by atoms with Gasteiger partial charge in [0.15, 0.2) is 23.2 Å². The molecule has 2 amide bonds. The number of hydrogen-bond donors (Lipinski definition) is 3. The van der Waals surface area contributed by atoms with E-state index in [9.17, 15) is 9.59 Å². The van der Waals surface area contributed by atoms with Crippen molar-refractivity contribution in [2.75, 3.05) is 24.4 Å². The summed E-state index contributed by atoms with van der Waals surface area (Å²) in [7, 11) is 1.47. The van der Waals surface area contributed by atoms with Crippen molar-refractivity contribution in [1.82, 2.24) is 10.4 Å². The number of aromatic nitrogens is 1. The number of hydrogen-bond acceptors (Lipinski definition) is 8. The van der Waals surface area contributed by atoms with Gasteiger partial charge in [0.2, 0.25) is 0 Å². The number of carbonyl (C=O) groups excluding carboxylic acids is 2. The molecule has 5 rings (SSSR count). The smallest absolute Gasteiger partial charge is 0.271 e. The first-order valence-corrected chi connectivity index (χ1v) is 15.1. The largest absolute Gasteiger partial charge is 0.493 e. The fraction of sp³-hybridized carbons (Fsp3) is 0.118. The van der Waals surface area contributed by atoms with Gasteiger partial charge in [-0.15, -0.1) is 11.3 Å². The number of methoxy groups -OCH3 is 1. The second-order valence-electron chi connectivity index (χ2n) is 9.92. The summed E-state index contributed by atoms with van der Waals surface area (Å²) in [5.74, 6) is -0.177. The summed E-state index contributed by atoms with van der Waals surface area (Å²) in [6, 6.07) is 25.9. The van der Waals surface area contributed by atoms with E-state index < -0.39 is 0 Å². The fourth-order valence-corrected chi connectivity index (χ4v) is 5.31. The van der Waals surface area contributed by atoms with Gasteiger partial charge in [-0.25, -0.2) is 10.4 Å². The zero-order valence-electron chi connectivity index (χ0n) is 24.8. The van der Waals surface area contributed by atoms with Gasteiger partial charge in [-0.3, -0.25) is 9.59 Å². The van der Waals surface area contributed by atoms with E-state index in [0.29, 0.717) is 16.9 Å². The number of amides is 2. The van der Waals surface area contributed by atoms with Crippen LogP contribution in [0.1, 0.15) is 27.0 Å². The summed E-state index contributed by atoms with van der Waals surface area (Å²) in [6.45, 7) is 3.65. The Bertz CT molecular complexity index is 1840. The molecule has 11 heteroatoms. The number of aryl methyl sites for hydroxylation is 1. The number of halogens is 1. The van der Waals surface area contributed by atoms with Gasteiger partial charge in [0, 0.05) is 27.9 Å². The van der Waals surface area contributed by atoms with Crippen LogP contribution in [0.15, 0.2) is 95.4 Å². The number of ether oxygens (including phenoxy) is 2. The second kappa shape index (κ2) is 14.5. The average Bonchev–Trinajstić information content (AvgIpc) is 3.51. The summed E-state index contributed by atoms with van der Waals surface area (Å²) < 4.78 is 11.1. The van der Waals surface area contributed by atoms with Crippen LogP contribution in [0.3, 0.4) is 0 Å². The van der Waals surface area contributed by atoms with Gasteiger partial charge in [0.25, 0.3) is 11.8 Å². The first-order chi connectivity index (χ1) is 21.8. The van der Waals surface area contributed by atoms with Gasteiger partial charge >= 0.3 is 0 Å². The zero-order valence-corrected chi connectivity index (χ0v) is 26.3. The number of benzene rings is 4. The minimum atomic E-state index is -0.379. The summed E-state index contributed by atoms with van der Waals surface area (Å²) in [5, 5.41) is 13.2. The highest BCUT2D eigenvalue weighted by Crippen LogP contribution is 2.36. The molecule has 0 saturated carbocycles. The van der Waals surface area contributed by atoms with Crippen molar-refractivity contribution >= 4 is 57.5 Å². The Labute approximate surface area is 269 Å². The summed E-state index contributed by atoms with van der Waals surface area (Å²) in [4.78, 5) is 29.9. The normalized spacial score (nSPS) is 10.8. The maximum absolute atomic E-state index is 12.7. The van der Waals surface area contributed by atoms with Crippen molar-refractivity contribution < 1.29 is 19.1 Å². The van der Waals surface area contributed by atoms with E-state index in [0.717, 1.165) is 38.9 Å². The van der Waals surface area contributed by atoms with Gasteiger partial charge < -0.3 is 20.1 Å². The monoisotopic (exact) mass is 639 g/mol. The molecule has 1 aromatic heterocycles. The molecule has 1 heterocycles. The molecule has 0 aliphatic heterocycles. The first kappa shape index (κ1) is 31.2. The molecule has 0 aliphatic rings. The lowest BCUT2D eigenvalue weighted by Gasteiger charge is -2.14. The van der Waals surface area contributed by atoms with E-state index in [1.165, 1.54) is 24.7 Å². The Balaban J connectivity index is 1.16. The van der Waals surface area contributed by atoms with E-state index in [1.807, 2.05) is 79.9 Å². The highest BCUT2D eigenvalue weighted by Gasteiger charge is 2.15. The molecular formula is C34H30ClN5O4S. The van der Waals surface area contributed by atoms with Crippen molar-refractivity contribution in [1.29, 1.82) is 0 Å². The van der Waals surface area contributed by atoms with Gasteiger partial charge in [-0.05, 0) is 73.0 Å². The molecule has 0 bridgehead atoms. The molecule has 5 aromatic rings. The lowest BCUT2D eigenvalue weighted by atomic mass is 10.1. The highest BCUT2D eigenvalue weighted by molar-refractivity contribution is 7.14. The van der Waals surface area contributed by atoms with Crippen molar-refractivity contribution in [2.45, 2.75) is 13.8 Å². The zero-order chi connectivity index (χ0) is 31.8. The van der Waals surface area contributed by atoms with E-state index >= 15 is 0 Å². The van der Waals surface area contributed by atoms with Gasteiger partial charge in [-0.2, -0.15) is 5.10 Å². The SMILES string of the molecule is COc1cc(/C=N/NC(=O)c2ccc(-c3csc(Nc4ccccc4)n3)cc2)cc(Cl)c1OCC(=O)Nc1cccc(C)c1C. The lowest BCUT2D eigenvalue weighted by molar-refractivity contribution is -0.118. The number of para-hydroxylation sites is 1. The fourth-order valence-electron chi connectivity index (χ4n) is 4.30. The Morgan fingerprint density at radius 2 is 1.78 bits per heavy atom. The molecule has 0 unspecified atom stereocenters. The molecular weight excluding hydrogens is 610 g/mol. The Morgan fingerprint density at radius 3 is 2.53 bits per heavy atom. The molecule has 9 nitrogen and oxygen atoms in total. The van der Waals surface area contributed by atoms with Crippen LogP contribution in [0.5, 0.6) is 11.5 Å². The summed E-state index contributed by atoms with van der Waals surface area (Å²) in [5.41, 5.74) is 8.95. The van der Waals surface area contributed by atoms with Crippen LogP contribution in [0, 0.1) is 13.8 Å². The minimum Gasteiger partial charge on any atom is -0.493 e. The third-order valence-electron chi connectivity index (χ3n) is 6.83. The number of carbonyl (C=O) groups is 2. The van der Waals surface area contributed by atoms with Gasteiger partial charge in [0.1, 0.15) is 0 Å². The topological polar surface area (TPSA) is 114 Å². The number of anilines is 3. The number of rotatable bonds is 11. The number of nitrogens with one attached hydrogen (secondary N) is 3. The quantitative estimate of drug-likeness (QED) is 0.101. The Hall–Kier alpha value is -5.19. The molecule has 0 saturated heterocycles. The van der Waals surface area contributed by atoms with Crippen LogP contribution in [0.2, 0.25) is 5.02 Å². The standard InChI is InChI=1S/C34H30ClN5O4S/c1-21-8-7-11-28(22(21)2)38-31(41)19-44-32-27(35)16-23(17-30(32)43-3)18-36-40-33(42)25-14-12-24(13-15-25)29-20-45-34(39-29)37-26-9-5-4-6-10-26/h4-18,20H,19H2,1-3H3,(H,37,39)(H,38,41)(H,40,42)/b36-18+. The van der Waals surface area contributed by atoms with Gasteiger partial charge in [-0.1, -0.05) is 54.1 Å². The predicted molar refractivity (Wildman–Crippen MR) is 180 cm³/mol. The van der Waals surface area contributed by atoms with E-state index in [2.05, 4.69) is 26.1 Å². The molecule has 0 aliphatic carbocycles. The molecule has 0 radical (unpaired) electrons. The highest BCUT2D eigenvalue weighted by atomic mass is 35.5. The van der Waals surface area contributed by atoms with Gasteiger partial charge in [0.05, 0.1) is 24.0 Å². The third-order valence-corrected chi connectivity index (χ3v) is 7.87. The summed E-state index contributed by atoms with van der Waals surface area (Å²) >= 11 is 7.96. The Kier molecular flexibility index (Phi) is 10.1. The molecule has 45 heavy (non-hydrogen) atoms. The van der Waals surface area contributed by atoms with Crippen molar-refractivity contribution in [3.63, 3.8) is 0 Å². The first-order valence-electron chi connectivity index (χ1n) is 13.9. The molecule has 228 valence electrons. The second-order valence-corrected chi connectivity index (χ2v) is 11.2. The van der Waals surface area contributed by atoms with E-state index in [-0.39, 0.29) is 29.2 Å². The van der Waals surface area contributed by atoms with Crippen molar-refractivity contribution in [3.05, 3.63) is 118 Å². The Morgan fingerprint density at radius 1 is 1.00 bits per heavy atom. The van der Waals surface area contributed by atoms with E-state index in [1.54, 1.807) is 24.3 Å². The average molecular weight is 640 g/mol. The molecule has 4 aromatic carbocycles. The maximum Gasteiger partial charge on any atom is 0.271 e. The maximum atomic E-state index is 12.7. The molecule has 0 fully saturated rings. The third kappa shape index (κ3) is 8.05.